The minimum atomic E-state index is -0.659. The molecule has 27 heavy (non-hydrogen) atoms. The van der Waals surface area contributed by atoms with Gasteiger partial charge in [0.2, 0.25) is 0 Å². The van der Waals surface area contributed by atoms with Crippen molar-refractivity contribution in [1.82, 2.24) is 29.4 Å². The van der Waals surface area contributed by atoms with Gasteiger partial charge in [-0.2, -0.15) is 9.47 Å². The second-order valence-corrected chi connectivity index (χ2v) is 7.55. The van der Waals surface area contributed by atoms with Crippen LogP contribution in [0.15, 0.2) is 30.6 Å². The molecule has 7 nitrogen and oxygen atoms in total. The van der Waals surface area contributed by atoms with Crippen molar-refractivity contribution in [3.63, 3.8) is 0 Å². The summed E-state index contributed by atoms with van der Waals surface area (Å²) in [5.74, 6) is 0.672. The van der Waals surface area contributed by atoms with Crippen molar-refractivity contribution in [1.29, 1.82) is 0 Å². The Morgan fingerprint density at radius 1 is 1.26 bits per heavy atom. The maximum Gasteiger partial charge on any atom is 0.178 e. The number of fused-ring (bicyclic) bond motifs is 2. The van der Waals surface area contributed by atoms with E-state index in [2.05, 4.69) is 34.8 Å². The molecule has 4 aromatic heterocycles. The second kappa shape index (κ2) is 6.82. The van der Waals surface area contributed by atoms with Crippen LogP contribution in [0.2, 0.25) is 0 Å². The van der Waals surface area contributed by atoms with Crippen LogP contribution < -0.4 is 5.32 Å². The lowest BCUT2D eigenvalue weighted by molar-refractivity contribution is 0.145. The summed E-state index contributed by atoms with van der Waals surface area (Å²) in [4.78, 5) is 11.2. The van der Waals surface area contributed by atoms with Crippen LogP contribution in [0, 0.1) is 0 Å². The molecule has 0 bridgehead atoms. The third kappa shape index (κ3) is 3.24. The van der Waals surface area contributed by atoms with Gasteiger partial charge in [0, 0.05) is 25.8 Å². The van der Waals surface area contributed by atoms with Gasteiger partial charge in [-0.15, -0.1) is 0 Å². The first kappa shape index (κ1) is 16.5. The first-order valence-corrected chi connectivity index (χ1v) is 9.70. The molecule has 1 saturated heterocycles. The first-order valence-electron chi connectivity index (χ1n) is 8.93. The molecule has 1 fully saturated rings. The maximum atomic E-state index is 13.3. The van der Waals surface area contributed by atoms with Crippen LogP contribution in [0.5, 0.6) is 0 Å². The average molecular weight is 383 g/mol. The van der Waals surface area contributed by atoms with E-state index in [1.54, 1.807) is 12.4 Å². The SMILES string of the molecule is FC1CCN(Cc2nsc3cc(Nc4n[nH]c5cccnc45)cnc23)CC1. The van der Waals surface area contributed by atoms with Crippen molar-refractivity contribution >= 4 is 44.3 Å². The van der Waals surface area contributed by atoms with E-state index < -0.39 is 6.17 Å². The highest BCUT2D eigenvalue weighted by Crippen LogP contribution is 2.28. The number of nitrogens with zero attached hydrogens (tertiary/aromatic N) is 5. The Labute approximate surface area is 158 Å². The number of anilines is 2. The predicted octanol–water partition coefficient (Wildman–Crippen LogP) is 3.64. The Kier molecular flexibility index (Phi) is 4.17. The third-order valence-electron chi connectivity index (χ3n) is 4.85. The van der Waals surface area contributed by atoms with E-state index in [0.29, 0.717) is 18.7 Å². The molecule has 4 aromatic rings. The zero-order valence-corrected chi connectivity index (χ0v) is 15.3. The molecule has 1 aliphatic heterocycles. The molecular formula is C18H18FN7S. The van der Waals surface area contributed by atoms with Gasteiger partial charge < -0.3 is 5.32 Å². The van der Waals surface area contributed by atoms with E-state index in [4.69, 9.17) is 0 Å². The second-order valence-electron chi connectivity index (χ2n) is 6.75. The summed E-state index contributed by atoms with van der Waals surface area (Å²) in [7, 11) is 0. The van der Waals surface area contributed by atoms with Gasteiger partial charge in [-0.05, 0) is 42.6 Å². The van der Waals surface area contributed by atoms with Gasteiger partial charge in [-0.3, -0.25) is 20.0 Å². The molecule has 5 rings (SSSR count). The number of halogens is 1. The molecule has 0 aliphatic carbocycles. The predicted molar refractivity (Wildman–Crippen MR) is 104 cm³/mol. The van der Waals surface area contributed by atoms with Gasteiger partial charge >= 0.3 is 0 Å². The van der Waals surface area contributed by atoms with Crippen LogP contribution in [0.3, 0.4) is 0 Å². The number of hydrogen-bond acceptors (Lipinski definition) is 7. The average Bonchev–Trinajstić information content (AvgIpc) is 3.28. The Balaban J connectivity index is 1.37. The molecule has 0 atom stereocenters. The van der Waals surface area contributed by atoms with Crippen LogP contribution >= 0.6 is 11.5 Å². The van der Waals surface area contributed by atoms with Crippen LogP contribution in [0.4, 0.5) is 15.9 Å². The highest BCUT2D eigenvalue weighted by molar-refractivity contribution is 7.13. The molecular weight excluding hydrogens is 365 g/mol. The normalized spacial score (nSPS) is 16.3. The minimum Gasteiger partial charge on any atom is -0.336 e. The highest BCUT2D eigenvalue weighted by Gasteiger charge is 2.20. The molecule has 0 amide bonds. The zero-order chi connectivity index (χ0) is 18.2. The molecule has 0 aromatic carbocycles. The molecule has 0 saturated carbocycles. The molecule has 2 N–H and O–H groups in total. The molecule has 0 radical (unpaired) electrons. The summed E-state index contributed by atoms with van der Waals surface area (Å²) in [5.41, 5.74) is 4.39. The lowest BCUT2D eigenvalue weighted by atomic mass is 10.1. The monoisotopic (exact) mass is 383 g/mol. The highest BCUT2D eigenvalue weighted by atomic mass is 32.1. The number of pyridine rings is 2. The fourth-order valence-electron chi connectivity index (χ4n) is 3.40. The van der Waals surface area contributed by atoms with E-state index >= 15 is 0 Å². The number of aromatic nitrogens is 5. The van der Waals surface area contributed by atoms with E-state index in [9.17, 15) is 4.39 Å². The minimum absolute atomic E-state index is 0.606. The Bertz CT molecular complexity index is 1080. The largest absolute Gasteiger partial charge is 0.336 e. The van der Waals surface area contributed by atoms with Crippen molar-refractivity contribution in [2.75, 3.05) is 18.4 Å². The van der Waals surface area contributed by atoms with E-state index in [-0.39, 0.29) is 0 Å². The molecule has 9 heteroatoms. The topological polar surface area (TPSA) is 82.6 Å². The molecule has 1 aliphatic rings. The fraction of sp³-hybridized carbons (Fsp3) is 0.333. The summed E-state index contributed by atoms with van der Waals surface area (Å²) in [5, 5.41) is 10.5. The number of hydrogen-bond donors (Lipinski definition) is 2. The molecule has 0 spiro atoms. The number of rotatable bonds is 4. The zero-order valence-electron chi connectivity index (χ0n) is 14.5. The molecule has 0 unspecified atom stereocenters. The van der Waals surface area contributed by atoms with Crippen LogP contribution in [0.1, 0.15) is 18.5 Å². The Hall–Kier alpha value is -2.65. The van der Waals surface area contributed by atoms with Crippen molar-refractivity contribution in [3.8, 4) is 0 Å². The van der Waals surface area contributed by atoms with Crippen molar-refractivity contribution in [2.24, 2.45) is 0 Å². The number of alkyl halides is 1. The van der Waals surface area contributed by atoms with Gasteiger partial charge in [-0.1, -0.05) is 0 Å². The van der Waals surface area contributed by atoms with Gasteiger partial charge in [0.05, 0.1) is 27.8 Å². The van der Waals surface area contributed by atoms with Gasteiger partial charge in [0.15, 0.2) is 5.82 Å². The number of H-pyrrole nitrogens is 1. The van der Waals surface area contributed by atoms with Crippen LogP contribution in [0.25, 0.3) is 21.3 Å². The smallest absolute Gasteiger partial charge is 0.178 e. The molecule has 138 valence electrons. The summed E-state index contributed by atoms with van der Waals surface area (Å²) in [6.07, 6.45) is 4.08. The van der Waals surface area contributed by atoms with E-state index in [1.165, 1.54) is 11.5 Å². The van der Waals surface area contributed by atoms with Gasteiger partial charge in [0.25, 0.3) is 0 Å². The standard InChI is InChI=1S/C18H18FN7S/c19-11-3-6-26(7-4-11)10-14-16-15(27-25-14)8-12(9-21-16)22-18-17-13(23-24-18)2-1-5-20-17/h1-2,5,8-9,11H,3-4,6-7,10H2,(H2,22,23,24). The van der Waals surface area contributed by atoms with Crippen molar-refractivity contribution in [3.05, 3.63) is 36.3 Å². The third-order valence-corrected chi connectivity index (χ3v) is 5.67. The lowest BCUT2D eigenvalue weighted by Gasteiger charge is -2.27. The first-order chi connectivity index (χ1) is 13.3. The Morgan fingerprint density at radius 3 is 3.04 bits per heavy atom. The summed E-state index contributed by atoms with van der Waals surface area (Å²) < 4.78 is 18.9. The summed E-state index contributed by atoms with van der Waals surface area (Å²) in [6.45, 7) is 2.28. The number of piperidine rings is 1. The van der Waals surface area contributed by atoms with Crippen molar-refractivity contribution < 1.29 is 4.39 Å². The summed E-state index contributed by atoms with van der Waals surface area (Å²) in [6, 6.07) is 5.83. The fourth-order valence-corrected chi connectivity index (χ4v) is 4.19. The maximum absolute atomic E-state index is 13.3. The van der Waals surface area contributed by atoms with E-state index in [1.807, 2.05) is 18.2 Å². The van der Waals surface area contributed by atoms with Crippen LogP contribution in [-0.2, 0) is 6.54 Å². The van der Waals surface area contributed by atoms with Crippen LogP contribution in [-0.4, -0.2) is 48.7 Å². The quantitative estimate of drug-likeness (QED) is 0.560. The van der Waals surface area contributed by atoms with E-state index in [0.717, 1.165) is 52.3 Å². The number of aromatic amines is 1. The van der Waals surface area contributed by atoms with Crippen molar-refractivity contribution in [2.45, 2.75) is 25.6 Å². The van der Waals surface area contributed by atoms with Gasteiger partial charge in [-0.25, -0.2) is 4.39 Å². The summed E-state index contributed by atoms with van der Waals surface area (Å²) >= 11 is 1.44. The lowest BCUT2D eigenvalue weighted by Crippen LogP contribution is -2.34. The van der Waals surface area contributed by atoms with Gasteiger partial charge in [0.1, 0.15) is 17.2 Å². The number of nitrogens with one attached hydrogen (secondary N) is 2. The molecule has 5 heterocycles. The Morgan fingerprint density at radius 2 is 2.15 bits per heavy atom. The number of likely N-dealkylation sites (tertiary alicyclic amines) is 1.